The second kappa shape index (κ2) is 7.12. The molecule has 1 aliphatic rings. The van der Waals surface area contributed by atoms with Gasteiger partial charge in [0.2, 0.25) is 0 Å². The molecule has 116 valence electrons. The summed E-state index contributed by atoms with van der Waals surface area (Å²) >= 11 is 0. The Morgan fingerprint density at radius 1 is 1.29 bits per heavy atom. The summed E-state index contributed by atoms with van der Waals surface area (Å²) in [4.78, 5) is 14.5. The van der Waals surface area contributed by atoms with Crippen molar-refractivity contribution in [2.75, 3.05) is 13.1 Å². The van der Waals surface area contributed by atoms with Gasteiger partial charge in [-0.15, -0.1) is 0 Å². The lowest BCUT2D eigenvalue weighted by atomic mass is 9.91. The maximum atomic E-state index is 13.2. The zero-order valence-corrected chi connectivity index (χ0v) is 12.7. The molecule has 0 saturated carbocycles. The molecule has 4 heteroatoms. The molecule has 0 aromatic heterocycles. The van der Waals surface area contributed by atoms with Crippen LogP contribution in [0.25, 0.3) is 0 Å². The summed E-state index contributed by atoms with van der Waals surface area (Å²) in [6.45, 7) is 5.86. The van der Waals surface area contributed by atoms with Gasteiger partial charge in [-0.25, -0.2) is 8.78 Å². The van der Waals surface area contributed by atoms with Crippen LogP contribution in [-0.2, 0) is 0 Å². The second-order valence-corrected chi connectivity index (χ2v) is 5.94. The summed E-state index contributed by atoms with van der Waals surface area (Å²) in [7, 11) is 0. The van der Waals surface area contributed by atoms with Crippen LogP contribution in [0.5, 0.6) is 0 Å². The Labute approximate surface area is 125 Å². The Kier molecular flexibility index (Phi) is 5.45. The first-order valence-corrected chi connectivity index (χ1v) is 7.76. The molecule has 1 heterocycles. The van der Waals surface area contributed by atoms with E-state index in [1.807, 2.05) is 6.92 Å². The summed E-state index contributed by atoms with van der Waals surface area (Å²) in [5, 5.41) is 0. The molecule has 2 nitrogen and oxygen atoms in total. The fraction of sp³-hybridized carbons (Fsp3) is 0.588. The van der Waals surface area contributed by atoms with Crippen LogP contribution in [0.1, 0.15) is 49.9 Å². The van der Waals surface area contributed by atoms with E-state index in [9.17, 15) is 13.6 Å². The Morgan fingerprint density at radius 3 is 2.52 bits per heavy atom. The Bertz CT molecular complexity index is 496. The summed E-state index contributed by atoms with van der Waals surface area (Å²) in [5.74, 6) is -1.26. The van der Waals surface area contributed by atoms with E-state index in [1.165, 1.54) is 18.9 Å². The smallest absolute Gasteiger partial charge is 0.179 e. The predicted octanol–water partition coefficient (Wildman–Crippen LogP) is 4.05. The van der Waals surface area contributed by atoms with Gasteiger partial charge in [0, 0.05) is 5.56 Å². The van der Waals surface area contributed by atoms with Crippen LogP contribution in [0, 0.1) is 17.6 Å². The SMILES string of the molecule is CCCC1CCN(C(C)C(=O)c2ccc(F)c(F)c2)CC1. The van der Waals surface area contributed by atoms with Crippen LogP contribution >= 0.6 is 0 Å². The predicted molar refractivity (Wildman–Crippen MR) is 79.4 cm³/mol. The fourth-order valence-corrected chi connectivity index (χ4v) is 3.09. The number of rotatable bonds is 5. The lowest BCUT2D eigenvalue weighted by molar-refractivity contribution is 0.0765. The number of likely N-dealkylation sites (tertiary alicyclic amines) is 1. The van der Waals surface area contributed by atoms with E-state index in [0.29, 0.717) is 0 Å². The van der Waals surface area contributed by atoms with Crippen molar-refractivity contribution in [3.63, 3.8) is 0 Å². The standard InChI is InChI=1S/C17H23F2NO/c1-3-4-13-7-9-20(10-8-13)12(2)17(21)14-5-6-15(18)16(19)11-14/h5-6,11-13H,3-4,7-10H2,1-2H3. The van der Waals surface area contributed by atoms with E-state index in [1.54, 1.807) is 0 Å². The highest BCUT2D eigenvalue weighted by molar-refractivity contribution is 5.99. The first kappa shape index (κ1) is 16.1. The first-order valence-electron chi connectivity index (χ1n) is 7.76. The van der Waals surface area contributed by atoms with Crippen LogP contribution in [0.4, 0.5) is 8.78 Å². The normalized spacial score (nSPS) is 18.7. The summed E-state index contributed by atoms with van der Waals surface area (Å²) in [6, 6.07) is 3.10. The molecule has 21 heavy (non-hydrogen) atoms. The number of benzene rings is 1. The molecule has 0 aliphatic carbocycles. The van der Waals surface area contributed by atoms with Crippen molar-refractivity contribution < 1.29 is 13.6 Å². The number of Topliss-reactive ketones (excluding diaryl/α,β-unsaturated/α-hetero) is 1. The number of hydrogen-bond acceptors (Lipinski definition) is 2. The van der Waals surface area contributed by atoms with Crippen molar-refractivity contribution in [2.45, 2.75) is 45.6 Å². The van der Waals surface area contributed by atoms with Gasteiger partial charge in [-0.3, -0.25) is 9.69 Å². The van der Waals surface area contributed by atoms with Crippen molar-refractivity contribution in [3.8, 4) is 0 Å². The number of halogens is 2. The third kappa shape index (κ3) is 3.88. The highest BCUT2D eigenvalue weighted by atomic mass is 19.2. The number of nitrogens with zero attached hydrogens (tertiary/aromatic N) is 1. The van der Waals surface area contributed by atoms with Crippen LogP contribution < -0.4 is 0 Å². The molecule has 1 unspecified atom stereocenters. The average Bonchev–Trinajstić information content (AvgIpc) is 2.50. The van der Waals surface area contributed by atoms with E-state index in [2.05, 4.69) is 11.8 Å². The Balaban J connectivity index is 1.98. The molecule has 0 amide bonds. The van der Waals surface area contributed by atoms with Crippen molar-refractivity contribution >= 4 is 5.78 Å². The first-order chi connectivity index (χ1) is 10.0. The van der Waals surface area contributed by atoms with Crippen LogP contribution in [0.2, 0.25) is 0 Å². The lowest BCUT2D eigenvalue weighted by Gasteiger charge is -2.35. The van der Waals surface area contributed by atoms with E-state index in [4.69, 9.17) is 0 Å². The van der Waals surface area contributed by atoms with Crippen LogP contribution in [0.15, 0.2) is 18.2 Å². The molecular formula is C17H23F2NO. The maximum absolute atomic E-state index is 13.2. The molecule has 2 rings (SSSR count). The monoisotopic (exact) mass is 295 g/mol. The average molecular weight is 295 g/mol. The van der Waals surface area contributed by atoms with Gasteiger partial charge in [-0.05, 0) is 57.0 Å². The van der Waals surface area contributed by atoms with Gasteiger partial charge in [0.15, 0.2) is 17.4 Å². The molecule has 1 saturated heterocycles. The zero-order chi connectivity index (χ0) is 15.4. The molecular weight excluding hydrogens is 272 g/mol. The molecule has 1 atom stereocenters. The van der Waals surface area contributed by atoms with Crippen molar-refractivity contribution in [3.05, 3.63) is 35.4 Å². The third-order valence-electron chi connectivity index (χ3n) is 4.48. The lowest BCUT2D eigenvalue weighted by Crippen LogP contribution is -2.44. The number of ketones is 1. The van der Waals surface area contributed by atoms with E-state index in [0.717, 1.165) is 44.0 Å². The van der Waals surface area contributed by atoms with E-state index >= 15 is 0 Å². The highest BCUT2D eigenvalue weighted by Crippen LogP contribution is 2.24. The Morgan fingerprint density at radius 2 is 1.95 bits per heavy atom. The molecule has 0 N–H and O–H groups in total. The molecule has 0 radical (unpaired) electrons. The summed E-state index contributed by atoms with van der Waals surface area (Å²) < 4.78 is 26.2. The number of piperidine rings is 1. The fourth-order valence-electron chi connectivity index (χ4n) is 3.09. The topological polar surface area (TPSA) is 20.3 Å². The molecule has 1 aromatic rings. The minimum absolute atomic E-state index is 0.136. The molecule has 0 spiro atoms. The van der Waals surface area contributed by atoms with E-state index in [-0.39, 0.29) is 17.4 Å². The minimum atomic E-state index is -0.963. The summed E-state index contributed by atoms with van der Waals surface area (Å²) in [5.41, 5.74) is 0.247. The molecule has 1 fully saturated rings. The minimum Gasteiger partial charge on any atom is -0.293 e. The van der Waals surface area contributed by atoms with Crippen LogP contribution in [-0.4, -0.2) is 29.8 Å². The second-order valence-electron chi connectivity index (χ2n) is 5.94. The number of hydrogen-bond donors (Lipinski definition) is 0. The van der Waals surface area contributed by atoms with Gasteiger partial charge >= 0.3 is 0 Å². The third-order valence-corrected chi connectivity index (χ3v) is 4.48. The van der Waals surface area contributed by atoms with Gasteiger partial charge < -0.3 is 0 Å². The molecule has 1 aliphatic heterocycles. The van der Waals surface area contributed by atoms with Gasteiger partial charge in [-0.1, -0.05) is 19.8 Å². The van der Waals surface area contributed by atoms with Crippen molar-refractivity contribution in [1.82, 2.24) is 4.90 Å². The van der Waals surface area contributed by atoms with Gasteiger partial charge in [0.1, 0.15) is 0 Å². The molecule has 0 bridgehead atoms. The van der Waals surface area contributed by atoms with Gasteiger partial charge in [0.25, 0.3) is 0 Å². The number of carbonyl (C=O) groups excluding carboxylic acids is 1. The largest absolute Gasteiger partial charge is 0.293 e. The van der Waals surface area contributed by atoms with Crippen LogP contribution in [0.3, 0.4) is 0 Å². The maximum Gasteiger partial charge on any atom is 0.179 e. The van der Waals surface area contributed by atoms with Crippen molar-refractivity contribution in [2.24, 2.45) is 5.92 Å². The highest BCUT2D eigenvalue weighted by Gasteiger charge is 2.27. The van der Waals surface area contributed by atoms with Gasteiger partial charge in [0.05, 0.1) is 6.04 Å². The Hall–Kier alpha value is -1.29. The quantitative estimate of drug-likeness (QED) is 0.764. The zero-order valence-electron chi connectivity index (χ0n) is 12.7. The number of carbonyl (C=O) groups is 1. The summed E-state index contributed by atoms with van der Waals surface area (Å²) in [6.07, 6.45) is 4.68. The van der Waals surface area contributed by atoms with Gasteiger partial charge in [-0.2, -0.15) is 0 Å². The van der Waals surface area contributed by atoms with Crippen molar-refractivity contribution in [1.29, 1.82) is 0 Å². The van der Waals surface area contributed by atoms with E-state index < -0.39 is 11.6 Å². The molecule has 1 aromatic carbocycles.